The summed E-state index contributed by atoms with van der Waals surface area (Å²) in [5, 5.41) is 9.06. The zero-order valence-electron chi connectivity index (χ0n) is 10.9. The van der Waals surface area contributed by atoms with Gasteiger partial charge in [-0.05, 0) is 40.2 Å². The quantitative estimate of drug-likeness (QED) is 0.736. The summed E-state index contributed by atoms with van der Waals surface area (Å²) in [6.07, 6.45) is -0.460. The van der Waals surface area contributed by atoms with Crippen molar-refractivity contribution in [3.63, 3.8) is 0 Å². The van der Waals surface area contributed by atoms with E-state index in [1.807, 2.05) is 0 Å². The molecule has 0 saturated carbocycles. The van der Waals surface area contributed by atoms with Gasteiger partial charge < -0.3 is 9.84 Å². The number of carbonyl (C=O) groups is 1. The highest BCUT2D eigenvalue weighted by Gasteiger charge is 2.17. The molecule has 22 heavy (non-hydrogen) atoms. The molecule has 0 aliphatic carbocycles. The summed E-state index contributed by atoms with van der Waals surface area (Å²) < 4.78 is 20.1. The predicted molar refractivity (Wildman–Crippen MR) is 83.2 cm³/mol. The van der Waals surface area contributed by atoms with Gasteiger partial charge in [-0.15, -0.1) is 0 Å². The first kappa shape index (κ1) is 16.3. The Hall–Kier alpha value is -2.10. The molecule has 112 valence electrons. The lowest BCUT2D eigenvalue weighted by Gasteiger charge is -2.12. The zero-order chi connectivity index (χ0) is 16.3. The average molecular weight is 385 g/mol. The Morgan fingerprint density at radius 2 is 2.14 bits per heavy atom. The highest BCUT2D eigenvalue weighted by atomic mass is 79.9. The molecule has 0 atom stereocenters. The van der Waals surface area contributed by atoms with Crippen LogP contribution in [0.1, 0.15) is 5.56 Å². The summed E-state index contributed by atoms with van der Waals surface area (Å²) in [5.41, 5.74) is 0.249. The molecule has 4 nitrogen and oxygen atoms in total. The number of rotatable bonds is 4. The number of hydrogen-bond donors (Lipinski definition) is 1. The summed E-state index contributed by atoms with van der Waals surface area (Å²) >= 11 is 9.02. The van der Waals surface area contributed by atoms with Gasteiger partial charge in [-0.1, -0.05) is 17.7 Å². The van der Waals surface area contributed by atoms with Crippen molar-refractivity contribution in [1.82, 2.24) is 0 Å². The molecule has 0 aliphatic heterocycles. The first-order chi connectivity index (χ1) is 10.4. The lowest BCUT2D eigenvalue weighted by molar-refractivity contribution is -0.136. The Balaban J connectivity index is 2.43. The molecule has 2 rings (SSSR count). The summed E-state index contributed by atoms with van der Waals surface area (Å²) in [5.74, 6) is -1.89. The van der Waals surface area contributed by atoms with E-state index in [1.165, 1.54) is 30.3 Å². The number of benzene rings is 2. The van der Waals surface area contributed by atoms with Crippen LogP contribution in [0.5, 0.6) is 11.5 Å². The van der Waals surface area contributed by atoms with Crippen LogP contribution in [0.25, 0.3) is 4.85 Å². The Morgan fingerprint density at radius 3 is 2.77 bits per heavy atom. The van der Waals surface area contributed by atoms with Crippen LogP contribution >= 0.6 is 27.5 Å². The molecular weight excluding hydrogens is 377 g/mol. The second kappa shape index (κ2) is 6.77. The molecule has 0 radical (unpaired) electrons. The van der Waals surface area contributed by atoms with Crippen molar-refractivity contribution in [2.75, 3.05) is 0 Å². The minimum absolute atomic E-state index is 0.00173. The molecule has 2 aromatic carbocycles. The van der Waals surface area contributed by atoms with Crippen LogP contribution in [0.15, 0.2) is 34.8 Å². The molecule has 7 heteroatoms. The van der Waals surface area contributed by atoms with Crippen LogP contribution < -0.4 is 4.74 Å². The number of hydrogen-bond acceptors (Lipinski definition) is 2. The lowest BCUT2D eigenvalue weighted by atomic mass is 10.1. The molecule has 0 fully saturated rings. The van der Waals surface area contributed by atoms with Gasteiger partial charge in [0.25, 0.3) is 0 Å². The highest BCUT2D eigenvalue weighted by Crippen LogP contribution is 2.36. The van der Waals surface area contributed by atoms with Crippen LogP contribution in [-0.4, -0.2) is 11.1 Å². The number of ether oxygens (including phenoxy) is 1. The first-order valence-corrected chi connectivity index (χ1v) is 7.12. The Kier molecular flexibility index (Phi) is 5.01. The third-order valence-electron chi connectivity index (χ3n) is 2.68. The largest absolute Gasteiger partial charge is 0.481 e. The summed E-state index contributed by atoms with van der Waals surface area (Å²) in [7, 11) is 0. The van der Waals surface area contributed by atoms with E-state index < -0.39 is 18.2 Å². The second-order valence-electron chi connectivity index (χ2n) is 4.28. The van der Waals surface area contributed by atoms with E-state index in [0.29, 0.717) is 4.47 Å². The molecule has 0 unspecified atom stereocenters. The van der Waals surface area contributed by atoms with Crippen LogP contribution in [0.2, 0.25) is 5.02 Å². The molecule has 0 aliphatic rings. The fourth-order valence-corrected chi connectivity index (χ4v) is 2.36. The van der Waals surface area contributed by atoms with E-state index in [0.717, 1.165) is 0 Å². The summed E-state index contributed by atoms with van der Waals surface area (Å²) in [4.78, 5) is 14.0. The zero-order valence-corrected chi connectivity index (χ0v) is 13.3. The van der Waals surface area contributed by atoms with Crippen LogP contribution in [0.3, 0.4) is 0 Å². The lowest BCUT2D eigenvalue weighted by Crippen LogP contribution is -2.04. The number of carboxylic acids is 1. The number of nitrogens with zero attached hydrogens (tertiary/aromatic N) is 1. The third-order valence-corrected chi connectivity index (χ3v) is 3.52. The molecule has 1 N–H and O–H groups in total. The van der Waals surface area contributed by atoms with E-state index in [4.69, 9.17) is 28.0 Å². The Bertz CT molecular complexity index is 789. The maximum absolute atomic E-state index is 14.4. The molecular formula is C15H8BrClFNO3. The minimum Gasteiger partial charge on any atom is -0.481 e. The smallest absolute Gasteiger partial charge is 0.307 e. The van der Waals surface area contributed by atoms with Crippen molar-refractivity contribution in [2.45, 2.75) is 6.42 Å². The van der Waals surface area contributed by atoms with Gasteiger partial charge in [0, 0.05) is 10.6 Å². The third kappa shape index (κ3) is 3.75. The fourth-order valence-electron chi connectivity index (χ4n) is 1.76. The van der Waals surface area contributed by atoms with Gasteiger partial charge in [0.2, 0.25) is 0 Å². The predicted octanol–water partition coefficient (Wildman–Crippen LogP) is 5.21. The highest BCUT2D eigenvalue weighted by molar-refractivity contribution is 9.10. The molecule has 0 saturated heterocycles. The summed E-state index contributed by atoms with van der Waals surface area (Å²) in [6.45, 7) is 6.97. The number of halogens is 3. The van der Waals surface area contributed by atoms with Gasteiger partial charge in [-0.3, -0.25) is 4.79 Å². The van der Waals surface area contributed by atoms with E-state index in [9.17, 15) is 9.18 Å². The maximum Gasteiger partial charge on any atom is 0.307 e. The molecule has 2 aromatic rings. The van der Waals surface area contributed by atoms with Gasteiger partial charge in [-0.2, -0.15) is 0 Å². The van der Waals surface area contributed by atoms with Crippen LogP contribution in [-0.2, 0) is 11.2 Å². The van der Waals surface area contributed by atoms with Gasteiger partial charge in [-0.25, -0.2) is 9.24 Å². The molecule has 0 amide bonds. The monoisotopic (exact) mass is 383 g/mol. The topological polar surface area (TPSA) is 50.9 Å². The van der Waals surface area contributed by atoms with Gasteiger partial charge in [0.1, 0.15) is 5.75 Å². The Morgan fingerprint density at radius 1 is 1.41 bits per heavy atom. The minimum atomic E-state index is -1.15. The normalized spacial score (nSPS) is 10.1. The van der Waals surface area contributed by atoms with Crippen molar-refractivity contribution in [1.29, 1.82) is 0 Å². The summed E-state index contributed by atoms with van der Waals surface area (Å²) in [6, 6.07) is 7.16. The molecule has 0 bridgehead atoms. The average Bonchev–Trinajstić information content (AvgIpc) is 2.45. The van der Waals surface area contributed by atoms with E-state index in [1.54, 1.807) is 0 Å². The van der Waals surface area contributed by atoms with Crippen LogP contribution in [0, 0.1) is 12.4 Å². The van der Waals surface area contributed by atoms with Gasteiger partial charge >= 0.3 is 5.97 Å². The second-order valence-corrected chi connectivity index (χ2v) is 5.57. The molecule has 0 spiro atoms. The fraction of sp³-hybridized carbons (Fsp3) is 0.0667. The maximum atomic E-state index is 14.4. The van der Waals surface area contributed by atoms with Crippen molar-refractivity contribution in [2.24, 2.45) is 0 Å². The number of carboxylic acid groups (broad SMARTS) is 1. The van der Waals surface area contributed by atoms with Crippen LogP contribution in [0.4, 0.5) is 10.1 Å². The first-order valence-electron chi connectivity index (χ1n) is 5.95. The van der Waals surface area contributed by atoms with Crippen molar-refractivity contribution in [3.05, 3.63) is 62.6 Å². The van der Waals surface area contributed by atoms with E-state index in [2.05, 4.69) is 20.8 Å². The SMILES string of the molecule is [C-]#[N+]c1cc(Cl)cc(Oc2c(Br)ccc(CC(=O)O)c2F)c1. The number of aliphatic carboxylic acids is 1. The van der Waals surface area contributed by atoms with E-state index in [-0.39, 0.29) is 27.8 Å². The van der Waals surface area contributed by atoms with Gasteiger partial charge in [0.05, 0.1) is 17.5 Å². The van der Waals surface area contributed by atoms with Gasteiger partial charge in [0.15, 0.2) is 17.3 Å². The standard InChI is InChI=1S/C15H8BrClFNO3/c1-19-10-5-9(17)6-11(7-10)22-15-12(16)3-2-8(14(15)18)4-13(20)21/h2-3,5-7H,4H2,(H,20,21). The van der Waals surface area contributed by atoms with Crippen molar-refractivity contribution < 1.29 is 19.0 Å². The van der Waals surface area contributed by atoms with Crippen molar-refractivity contribution >= 4 is 39.2 Å². The van der Waals surface area contributed by atoms with E-state index >= 15 is 0 Å². The molecule has 0 heterocycles. The van der Waals surface area contributed by atoms with Crippen molar-refractivity contribution in [3.8, 4) is 11.5 Å². The Labute approximate surface area is 139 Å². The molecule has 0 aromatic heterocycles.